The fourth-order valence-electron chi connectivity index (χ4n) is 3.12. The number of ether oxygens (including phenoxy) is 1. The molecular weight excluding hydrogens is 302 g/mol. The Morgan fingerprint density at radius 2 is 1.83 bits per heavy atom. The molecule has 2 N–H and O–H groups in total. The van der Waals surface area contributed by atoms with E-state index in [0.29, 0.717) is 0 Å². The number of benzene rings is 3. The summed E-state index contributed by atoms with van der Waals surface area (Å²) in [5.74, 6) is -0.583. The van der Waals surface area contributed by atoms with E-state index in [-0.39, 0.29) is 17.4 Å². The summed E-state index contributed by atoms with van der Waals surface area (Å²) in [6, 6.07) is 15.4. The summed E-state index contributed by atoms with van der Waals surface area (Å²) in [5, 5.41) is 14.3. The minimum atomic E-state index is -0.513. The van der Waals surface area contributed by atoms with Crippen LogP contribution < -0.4 is 0 Å². The predicted octanol–water partition coefficient (Wildman–Crippen LogP) is 4.75. The number of rotatable bonds is 2. The number of fused-ring (bicyclic) bond motifs is 5. The molecule has 0 saturated heterocycles. The smallest absolute Gasteiger partial charge is 0.342 e. The molecule has 4 aromatic rings. The molecule has 0 unspecified atom stereocenters. The van der Waals surface area contributed by atoms with Gasteiger partial charge in [0, 0.05) is 21.7 Å². The van der Waals surface area contributed by atoms with E-state index in [4.69, 9.17) is 4.74 Å². The highest BCUT2D eigenvalue weighted by Crippen LogP contribution is 2.34. The first-order valence-corrected chi connectivity index (χ1v) is 7.91. The monoisotopic (exact) mass is 319 g/mol. The van der Waals surface area contributed by atoms with Crippen molar-refractivity contribution >= 4 is 38.5 Å². The van der Waals surface area contributed by atoms with Crippen molar-refractivity contribution < 1.29 is 14.6 Å². The van der Waals surface area contributed by atoms with Crippen LogP contribution in [0.15, 0.2) is 48.5 Å². The van der Waals surface area contributed by atoms with Gasteiger partial charge in [-0.15, -0.1) is 0 Å². The number of aromatic amines is 1. The van der Waals surface area contributed by atoms with E-state index in [9.17, 15) is 9.90 Å². The molecule has 0 aliphatic carbocycles. The van der Waals surface area contributed by atoms with Gasteiger partial charge in [0.15, 0.2) is 0 Å². The van der Waals surface area contributed by atoms with Gasteiger partial charge in [0.1, 0.15) is 11.3 Å². The third kappa shape index (κ3) is 2.19. The quantitative estimate of drug-likeness (QED) is 0.524. The third-order valence-corrected chi connectivity index (χ3v) is 4.18. The number of carbonyl (C=O) groups is 1. The second-order valence-electron chi connectivity index (χ2n) is 6.20. The number of aromatic hydroxyl groups is 1. The molecule has 0 aliphatic heterocycles. The molecule has 4 nitrogen and oxygen atoms in total. The minimum absolute atomic E-state index is 0.0701. The van der Waals surface area contributed by atoms with Crippen molar-refractivity contribution in [2.24, 2.45) is 0 Å². The van der Waals surface area contributed by atoms with Crippen LogP contribution in [-0.4, -0.2) is 22.2 Å². The zero-order chi connectivity index (χ0) is 16.8. The van der Waals surface area contributed by atoms with Crippen LogP contribution >= 0.6 is 0 Å². The Bertz CT molecular complexity index is 1090. The maximum Gasteiger partial charge on any atom is 0.342 e. The molecule has 0 saturated carbocycles. The van der Waals surface area contributed by atoms with Crippen molar-refractivity contribution in [1.82, 2.24) is 4.98 Å². The fraction of sp³-hybridized carbons (Fsp3) is 0.150. The van der Waals surface area contributed by atoms with E-state index in [1.807, 2.05) is 30.3 Å². The van der Waals surface area contributed by atoms with Gasteiger partial charge in [-0.05, 0) is 37.4 Å². The van der Waals surface area contributed by atoms with Crippen molar-refractivity contribution in [3.63, 3.8) is 0 Å². The normalized spacial score (nSPS) is 11.6. The lowest BCUT2D eigenvalue weighted by Gasteiger charge is -2.10. The number of carbonyl (C=O) groups excluding carboxylic acids is 1. The van der Waals surface area contributed by atoms with Crippen molar-refractivity contribution in [3.8, 4) is 5.75 Å². The summed E-state index contributed by atoms with van der Waals surface area (Å²) in [5.41, 5.74) is 2.18. The highest BCUT2D eigenvalue weighted by Gasteiger charge is 2.17. The summed E-state index contributed by atoms with van der Waals surface area (Å²) in [6.07, 6.45) is -0.233. The average molecular weight is 319 g/mol. The van der Waals surface area contributed by atoms with Crippen LogP contribution in [0.2, 0.25) is 0 Å². The molecule has 0 bridgehead atoms. The van der Waals surface area contributed by atoms with Crippen LogP contribution in [0.25, 0.3) is 32.6 Å². The van der Waals surface area contributed by atoms with E-state index in [0.717, 1.165) is 32.6 Å². The Morgan fingerprint density at radius 1 is 1.04 bits per heavy atom. The number of phenols is 1. The van der Waals surface area contributed by atoms with Crippen molar-refractivity contribution in [1.29, 1.82) is 0 Å². The van der Waals surface area contributed by atoms with Crippen LogP contribution in [0.4, 0.5) is 0 Å². The summed E-state index contributed by atoms with van der Waals surface area (Å²) < 4.78 is 5.19. The maximum atomic E-state index is 12.1. The van der Waals surface area contributed by atoms with Gasteiger partial charge in [-0.2, -0.15) is 0 Å². The Hall–Kier alpha value is -3.01. The highest BCUT2D eigenvalue weighted by atomic mass is 16.5. The molecule has 1 heterocycles. The van der Waals surface area contributed by atoms with Gasteiger partial charge in [-0.3, -0.25) is 0 Å². The molecule has 0 aliphatic rings. The SMILES string of the molecule is CC(C)OC(=O)c1cc2ccc3c4ccccc4[nH]c3c2cc1O. The van der Waals surface area contributed by atoms with Crippen LogP contribution in [-0.2, 0) is 4.74 Å². The first-order chi connectivity index (χ1) is 11.5. The summed E-state index contributed by atoms with van der Waals surface area (Å²) in [7, 11) is 0. The molecule has 1 aromatic heterocycles. The molecule has 0 radical (unpaired) electrons. The van der Waals surface area contributed by atoms with Crippen molar-refractivity contribution in [2.75, 3.05) is 0 Å². The van der Waals surface area contributed by atoms with Crippen molar-refractivity contribution in [2.45, 2.75) is 20.0 Å². The number of hydrogen-bond acceptors (Lipinski definition) is 3. The standard InChI is InChI=1S/C20H17NO3/c1-11(2)24-20(23)16-9-12-7-8-14-13-5-3-4-6-17(13)21-19(14)15(12)10-18(16)22/h3-11,21-22H,1-2H3. The predicted molar refractivity (Wildman–Crippen MR) is 95.5 cm³/mol. The van der Waals surface area contributed by atoms with Gasteiger partial charge in [0.2, 0.25) is 0 Å². The second kappa shape index (κ2) is 5.27. The van der Waals surface area contributed by atoms with Gasteiger partial charge in [-0.25, -0.2) is 4.79 Å². The lowest BCUT2D eigenvalue weighted by atomic mass is 10.0. The Labute approximate surface area is 138 Å². The molecule has 0 fully saturated rings. The molecule has 4 rings (SSSR count). The zero-order valence-corrected chi connectivity index (χ0v) is 13.5. The molecule has 3 aromatic carbocycles. The van der Waals surface area contributed by atoms with Crippen LogP contribution in [0.1, 0.15) is 24.2 Å². The molecule has 0 atom stereocenters. The van der Waals surface area contributed by atoms with E-state index >= 15 is 0 Å². The topological polar surface area (TPSA) is 62.3 Å². The van der Waals surface area contributed by atoms with Crippen LogP contribution in [0, 0.1) is 0 Å². The molecule has 0 spiro atoms. The molecule has 4 heteroatoms. The molecule has 0 amide bonds. The fourth-order valence-corrected chi connectivity index (χ4v) is 3.12. The number of phenolic OH excluding ortho intramolecular Hbond substituents is 1. The Kier molecular flexibility index (Phi) is 3.20. The Morgan fingerprint density at radius 3 is 2.62 bits per heavy atom. The maximum absolute atomic E-state index is 12.1. The number of H-pyrrole nitrogens is 1. The molecule has 24 heavy (non-hydrogen) atoms. The summed E-state index contributed by atoms with van der Waals surface area (Å²) in [6.45, 7) is 3.56. The van der Waals surface area contributed by atoms with Gasteiger partial charge in [0.05, 0.1) is 11.6 Å². The van der Waals surface area contributed by atoms with Gasteiger partial charge < -0.3 is 14.8 Å². The second-order valence-corrected chi connectivity index (χ2v) is 6.20. The summed E-state index contributed by atoms with van der Waals surface area (Å²) in [4.78, 5) is 15.5. The Balaban J connectivity index is 1.97. The first kappa shape index (κ1) is 14.6. The number of para-hydroxylation sites is 1. The molecule has 120 valence electrons. The van der Waals surface area contributed by atoms with E-state index in [1.54, 1.807) is 26.0 Å². The van der Waals surface area contributed by atoms with E-state index < -0.39 is 5.97 Å². The largest absolute Gasteiger partial charge is 0.507 e. The van der Waals surface area contributed by atoms with Crippen LogP contribution in [0.5, 0.6) is 5.75 Å². The minimum Gasteiger partial charge on any atom is -0.507 e. The number of esters is 1. The van der Waals surface area contributed by atoms with Gasteiger partial charge in [-0.1, -0.05) is 30.3 Å². The van der Waals surface area contributed by atoms with Gasteiger partial charge in [0.25, 0.3) is 0 Å². The van der Waals surface area contributed by atoms with E-state index in [1.165, 1.54) is 0 Å². The van der Waals surface area contributed by atoms with Crippen LogP contribution in [0.3, 0.4) is 0 Å². The average Bonchev–Trinajstić information content (AvgIpc) is 2.92. The zero-order valence-electron chi connectivity index (χ0n) is 13.5. The van der Waals surface area contributed by atoms with E-state index in [2.05, 4.69) is 11.1 Å². The van der Waals surface area contributed by atoms with Gasteiger partial charge >= 0.3 is 5.97 Å². The summed E-state index contributed by atoms with van der Waals surface area (Å²) >= 11 is 0. The lowest BCUT2D eigenvalue weighted by Crippen LogP contribution is -2.11. The molecular formula is C20H17NO3. The lowest BCUT2D eigenvalue weighted by molar-refractivity contribution is 0.0375. The highest BCUT2D eigenvalue weighted by molar-refractivity contribution is 6.17. The third-order valence-electron chi connectivity index (χ3n) is 4.18. The number of nitrogens with one attached hydrogen (secondary N) is 1. The van der Waals surface area contributed by atoms with Crippen molar-refractivity contribution in [3.05, 3.63) is 54.1 Å². The number of hydrogen-bond donors (Lipinski definition) is 2. The first-order valence-electron chi connectivity index (χ1n) is 7.91. The number of aromatic nitrogens is 1.